The number of nitrogens with two attached hydrogens (primary N) is 1. The largest absolute Gasteiger partial charge is 0.358 e. The lowest BCUT2D eigenvalue weighted by molar-refractivity contribution is -0.121. The molecular formula is C9H11ClN2O. The first-order chi connectivity index (χ1) is 6.16. The lowest BCUT2D eigenvalue weighted by Gasteiger charge is -2.11. The maximum atomic E-state index is 11.2. The molecule has 1 aromatic carbocycles. The van der Waals surface area contributed by atoms with Gasteiger partial charge in [-0.1, -0.05) is 29.8 Å². The Hall–Kier alpha value is -1.06. The number of benzene rings is 1. The van der Waals surface area contributed by atoms with Crippen molar-refractivity contribution in [1.29, 1.82) is 0 Å². The summed E-state index contributed by atoms with van der Waals surface area (Å²) in [6.45, 7) is 0. The highest BCUT2D eigenvalue weighted by Crippen LogP contribution is 2.20. The first-order valence-corrected chi connectivity index (χ1v) is 4.26. The minimum Gasteiger partial charge on any atom is -0.358 e. The van der Waals surface area contributed by atoms with Gasteiger partial charge < -0.3 is 11.1 Å². The van der Waals surface area contributed by atoms with Gasteiger partial charge in [0.2, 0.25) is 5.91 Å². The summed E-state index contributed by atoms with van der Waals surface area (Å²) in [5.74, 6) is -0.242. The molecule has 13 heavy (non-hydrogen) atoms. The third kappa shape index (κ3) is 2.20. The molecule has 3 nitrogen and oxygen atoms in total. The minimum absolute atomic E-state index is 0.242. The molecule has 0 saturated heterocycles. The van der Waals surface area contributed by atoms with Crippen LogP contribution in [0.4, 0.5) is 0 Å². The van der Waals surface area contributed by atoms with E-state index >= 15 is 0 Å². The molecule has 0 spiro atoms. The first kappa shape index (κ1) is 10.0. The summed E-state index contributed by atoms with van der Waals surface area (Å²) in [4.78, 5) is 11.2. The number of carbonyl (C=O) groups excluding carboxylic acids is 1. The van der Waals surface area contributed by atoms with E-state index in [9.17, 15) is 4.79 Å². The zero-order valence-electron chi connectivity index (χ0n) is 7.25. The van der Waals surface area contributed by atoms with E-state index in [-0.39, 0.29) is 5.91 Å². The second kappa shape index (κ2) is 4.25. The topological polar surface area (TPSA) is 55.1 Å². The predicted octanol–water partition coefficient (Wildman–Crippen LogP) is 1.09. The van der Waals surface area contributed by atoms with Gasteiger partial charge in [-0.2, -0.15) is 0 Å². The lowest BCUT2D eigenvalue weighted by atomic mass is 10.1. The molecule has 0 fully saturated rings. The fourth-order valence-electron chi connectivity index (χ4n) is 1.02. The van der Waals surface area contributed by atoms with Crippen molar-refractivity contribution >= 4 is 17.5 Å². The molecule has 3 N–H and O–H groups in total. The summed E-state index contributed by atoms with van der Waals surface area (Å²) in [7, 11) is 1.54. The van der Waals surface area contributed by atoms with Crippen LogP contribution < -0.4 is 11.1 Å². The Balaban J connectivity index is 2.95. The summed E-state index contributed by atoms with van der Waals surface area (Å²) in [6, 6.07) is 6.34. The molecule has 4 heteroatoms. The van der Waals surface area contributed by atoms with Crippen LogP contribution in [0.25, 0.3) is 0 Å². The first-order valence-electron chi connectivity index (χ1n) is 3.88. The van der Waals surface area contributed by atoms with Crippen molar-refractivity contribution in [2.75, 3.05) is 7.05 Å². The molecule has 1 atom stereocenters. The highest BCUT2D eigenvalue weighted by atomic mass is 35.5. The normalized spacial score (nSPS) is 12.2. The molecule has 0 aliphatic carbocycles. The van der Waals surface area contributed by atoms with E-state index in [1.807, 2.05) is 0 Å². The zero-order chi connectivity index (χ0) is 9.84. The third-order valence-corrected chi connectivity index (χ3v) is 2.11. The van der Waals surface area contributed by atoms with E-state index in [1.54, 1.807) is 31.3 Å². The summed E-state index contributed by atoms with van der Waals surface area (Å²) < 4.78 is 0. The smallest absolute Gasteiger partial charge is 0.241 e. The van der Waals surface area contributed by atoms with Crippen LogP contribution in [0.1, 0.15) is 11.6 Å². The molecule has 0 aliphatic rings. The number of hydrogen-bond donors (Lipinski definition) is 2. The number of rotatable bonds is 2. The van der Waals surface area contributed by atoms with Crippen LogP contribution >= 0.6 is 11.6 Å². The SMILES string of the molecule is CNC(=O)[C@@H](N)c1ccccc1Cl. The zero-order valence-corrected chi connectivity index (χ0v) is 8.01. The van der Waals surface area contributed by atoms with Gasteiger partial charge in [-0.05, 0) is 11.6 Å². The summed E-state index contributed by atoms with van der Waals surface area (Å²) in [6.07, 6.45) is 0. The van der Waals surface area contributed by atoms with Crippen molar-refractivity contribution in [3.05, 3.63) is 34.9 Å². The van der Waals surface area contributed by atoms with Crippen molar-refractivity contribution in [3.63, 3.8) is 0 Å². The van der Waals surface area contributed by atoms with Gasteiger partial charge in [0.15, 0.2) is 0 Å². The van der Waals surface area contributed by atoms with Crippen LogP contribution in [-0.2, 0) is 4.79 Å². The fourth-order valence-corrected chi connectivity index (χ4v) is 1.28. The molecule has 0 aliphatic heterocycles. The van der Waals surface area contributed by atoms with Gasteiger partial charge in [-0.25, -0.2) is 0 Å². The average Bonchev–Trinajstić information content (AvgIpc) is 2.16. The van der Waals surface area contributed by atoms with E-state index in [1.165, 1.54) is 0 Å². The van der Waals surface area contributed by atoms with Gasteiger partial charge in [-0.15, -0.1) is 0 Å². The number of amides is 1. The Morgan fingerprint density at radius 3 is 2.69 bits per heavy atom. The van der Waals surface area contributed by atoms with Crippen LogP contribution in [-0.4, -0.2) is 13.0 Å². The Morgan fingerprint density at radius 1 is 1.54 bits per heavy atom. The molecule has 1 amide bonds. The summed E-state index contributed by atoms with van der Waals surface area (Å²) in [5.41, 5.74) is 6.30. The number of likely N-dealkylation sites (N-methyl/N-ethyl adjacent to an activating group) is 1. The predicted molar refractivity (Wildman–Crippen MR) is 52.4 cm³/mol. The van der Waals surface area contributed by atoms with Crippen LogP contribution in [0.2, 0.25) is 5.02 Å². The third-order valence-electron chi connectivity index (χ3n) is 1.77. The van der Waals surface area contributed by atoms with Crippen molar-refractivity contribution in [2.24, 2.45) is 5.73 Å². The minimum atomic E-state index is -0.696. The monoisotopic (exact) mass is 198 g/mol. The van der Waals surface area contributed by atoms with Gasteiger partial charge in [0.25, 0.3) is 0 Å². The Bertz CT molecular complexity index is 314. The Kier molecular flexibility index (Phi) is 3.28. The van der Waals surface area contributed by atoms with E-state index in [2.05, 4.69) is 5.32 Å². The van der Waals surface area contributed by atoms with Gasteiger partial charge in [0.1, 0.15) is 6.04 Å². The quantitative estimate of drug-likeness (QED) is 0.748. The molecule has 1 rings (SSSR count). The van der Waals surface area contributed by atoms with E-state index < -0.39 is 6.04 Å². The van der Waals surface area contributed by atoms with Crippen LogP contribution in [0.5, 0.6) is 0 Å². The summed E-state index contributed by atoms with van der Waals surface area (Å²) >= 11 is 5.86. The number of halogens is 1. The van der Waals surface area contributed by atoms with Crippen LogP contribution in [0.3, 0.4) is 0 Å². The maximum absolute atomic E-state index is 11.2. The maximum Gasteiger partial charge on any atom is 0.241 e. The second-order valence-electron chi connectivity index (χ2n) is 2.61. The van der Waals surface area contributed by atoms with Gasteiger partial charge in [0.05, 0.1) is 0 Å². The van der Waals surface area contributed by atoms with Gasteiger partial charge in [0, 0.05) is 12.1 Å². The van der Waals surface area contributed by atoms with E-state index in [0.717, 1.165) is 0 Å². The highest BCUT2D eigenvalue weighted by molar-refractivity contribution is 6.31. The summed E-state index contributed by atoms with van der Waals surface area (Å²) in [5, 5.41) is 2.98. The number of hydrogen-bond acceptors (Lipinski definition) is 2. The van der Waals surface area contributed by atoms with Crippen LogP contribution in [0, 0.1) is 0 Å². The van der Waals surface area contributed by atoms with Crippen molar-refractivity contribution < 1.29 is 4.79 Å². The van der Waals surface area contributed by atoms with Gasteiger partial charge >= 0.3 is 0 Å². The molecular weight excluding hydrogens is 188 g/mol. The molecule has 70 valence electrons. The van der Waals surface area contributed by atoms with E-state index in [4.69, 9.17) is 17.3 Å². The molecule has 0 saturated carbocycles. The molecule has 0 bridgehead atoms. The molecule has 0 radical (unpaired) electrons. The fraction of sp³-hybridized carbons (Fsp3) is 0.222. The molecule has 1 aromatic rings. The van der Waals surface area contributed by atoms with Crippen molar-refractivity contribution in [2.45, 2.75) is 6.04 Å². The standard InChI is InChI=1S/C9H11ClN2O/c1-12-9(13)8(11)6-4-2-3-5-7(6)10/h2-5,8H,11H2,1H3,(H,12,13)/t8-/m0/s1. The molecule has 0 unspecified atom stereocenters. The Labute approximate surface area is 81.9 Å². The second-order valence-corrected chi connectivity index (χ2v) is 3.02. The van der Waals surface area contributed by atoms with Crippen LogP contribution in [0.15, 0.2) is 24.3 Å². The number of nitrogens with one attached hydrogen (secondary N) is 1. The molecule has 0 heterocycles. The van der Waals surface area contributed by atoms with E-state index in [0.29, 0.717) is 10.6 Å². The Morgan fingerprint density at radius 2 is 2.15 bits per heavy atom. The van der Waals surface area contributed by atoms with Crippen molar-refractivity contribution in [1.82, 2.24) is 5.32 Å². The molecule has 0 aromatic heterocycles. The number of carbonyl (C=O) groups is 1. The lowest BCUT2D eigenvalue weighted by Crippen LogP contribution is -2.31. The van der Waals surface area contributed by atoms with Crippen molar-refractivity contribution in [3.8, 4) is 0 Å². The van der Waals surface area contributed by atoms with Gasteiger partial charge in [-0.3, -0.25) is 4.79 Å². The average molecular weight is 199 g/mol. The highest BCUT2D eigenvalue weighted by Gasteiger charge is 2.15.